The van der Waals surface area contributed by atoms with E-state index in [2.05, 4.69) is 10.4 Å². The first-order chi connectivity index (χ1) is 9.15. The summed E-state index contributed by atoms with van der Waals surface area (Å²) in [7, 11) is 0. The van der Waals surface area contributed by atoms with Crippen molar-refractivity contribution in [3.8, 4) is 0 Å². The second-order valence-corrected chi connectivity index (χ2v) is 4.72. The average Bonchev–Trinajstić information content (AvgIpc) is 3.02. The molecule has 1 saturated carbocycles. The van der Waals surface area contributed by atoms with Crippen molar-refractivity contribution in [2.24, 2.45) is 5.92 Å². The van der Waals surface area contributed by atoms with Crippen LogP contribution in [0.1, 0.15) is 12.8 Å². The third kappa shape index (κ3) is 4.61. The molecule has 2 N–H and O–H groups in total. The molecular formula is C12H18N4O3. The molecule has 7 heteroatoms. The lowest BCUT2D eigenvalue weighted by Crippen LogP contribution is -2.44. The van der Waals surface area contributed by atoms with Crippen LogP contribution in [0, 0.1) is 5.92 Å². The molecule has 1 aromatic heterocycles. The maximum atomic E-state index is 11.9. The molecule has 0 unspecified atom stereocenters. The first kappa shape index (κ1) is 13.4. The number of aliphatic carboxylic acids is 1. The Kier molecular flexibility index (Phi) is 4.38. The van der Waals surface area contributed by atoms with E-state index in [1.54, 1.807) is 10.9 Å². The summed E-state index contributed by atoms with van der Waals surface area (Å²) in [6, 6.07) is 1.49. The van der Waals surface area contributed by atoms with Crippen LogP contribution >= 0.6 is 0 Å². The molecule has 7 nitrogen and oxygen atoms in total. The Morgan fingerprint density at radius 1 is 1.47 bits per heavy atom. The summed E-state index contributed by atoms with van der Waals surface area (Å²) < 4.78 is 1.71. The zero-order valence-electron chi connectivity index (χ0n) is 10.7. The summed E-state index contributed by atoms with van der Waals surface area (Å²) in [5.41, 5.74) is 0. The van der Waals surface area contributed by atoms with Crippen molar-refractivity contribution in [2.45, 2.75) is 19.4 Å². The van der Waals surface area contributed by atoms with Crippen LogP contribution in [0.3, 0.4) is 0 Å². The third-order valence-corrected chi connectivity index (χ3v) is 2.97. The van der Waals surface area contributed by atoms with Gasteiger partial charge in [-0.25, -0.2) is 4.79 Å². The Balaban J connectivity index is 1.75. The van der Waals surface area contributed by atoms with E-state index in [0.717, 1.165) is 12.8 Å². The van der Waals surface area contributed by atoms with Gasteiger partial charge < -0.3 is 15.3 Å². The van der Waals surface area contributed by atoms with E-state index >= 15 is 0 Å². The van der Waals surface area contributed by atoms with Gasteiger partial charge in [-0.3, -0.25) is 9.48 Å². The van der Waals surface area contributed by atoms with Gasteiger partial charge in [0.1, 0.15) is 6.54 Å². The van der Waals surface area contributed by atoms with Gasteiger partial charge in [-0.2, -0.15) is 5.10 Å². The first-order valence-corrected chi connectivity index (χ1v) is 6.37. The van der Waals surface area contributed by atoms with Crippen LogP contribution in [0.15, 0.2) is 18.5 Å². The van der Waals surface area contributed by atoms with Gasteiger partial charge in [0, 0.05) is 25.5 Å². The Hall–Kier alpha value is -2.05. The largest absolute Gasteiger partial charge is 0.480 e. The van der Waals surface area contributed by atoms with Crippen LogP contribution in [0.5, 0.6) is 0 Å². The molecule has 1 aliphatic carbocycles. The Labute approximate surface area is 111 Å². The van der Waals surface area contributed by atoms with Crippen LogP contribution in [-0.4, -0.2) is 51.4 Å². The average molecular weight is 266 g/mol. The number of urea groups is 1. The van der Waals surface area contributed by atoms with Gasteiger partial charge in [0.25, 0.3) is 0 Å². The molecule has 1 aromatic rings. The molecule has 0 aliphatic heterocycles. The molecule has 104 valence electrons. The highest BCUT2D eigenvalue weighted by molar-refractivity contribution is 5.80. The molecule has 0 saturated heterocycles. The van der Waals surface area contributed by atoms with Gasteiger partial charge in [-0.15, -0.1) is 0 Å². The highest BCUT2D eigenvalue weighted by Gasteiger charge is 2.27. The number of nitrogens with one attached hydrogen (secondary N) is 1. The number of hydrogen-bond donors (Lipinski definition) is 2. The fraction of sp³-hybridized carbons (Fsp3) is 0.583. The number of carboxylic acid groups (broad SMARTS) is 1. The van der Waals surface area contributed by atoms with Crippen molar-refractivity contribution in [1.29, 1.82) is 0 Å². The predicted octanol–water partition coefficient (Wildman–Crippen LogP) is 0.389. The minimum atomic E-state index is -0.983. The van der Waals surface area contributed by atoms with Gasteiger partial charge in [-0.05, 0) is 24.8 Å². The lowest BCUT2D eigenvalue weighted by Gasteiger charge is -2.21. The number of carbonyl (C=O) groups excluding carboxylic acids is 1. The maximum absolute atomic E-state index is 11.9. The van der Waals surface area contributed by atoms with E-state index in [-0.39, 0.29) is 12.6 Å². The molecule has 0 radical (unpaired) electrons. The highest BCUT2D eigenvalue weighted by Crippen LogP contribution is 2.29. The van der Waals surface area contributed by atoms with Crippen molar-refractivity contribution in [3.63, 3.8) is 0 Å². The summed E-state index contributed by atoms with van der Waals surface area (Å²) in [5.74, 6) is -0.515. The molecule has 19 heavy (non-hydrogen) atoms. The van der Waals surface area contributed by atoms with Crippen LogP contribution in [0.2, 0.25) is 0 Å². The topological polar surface area (TPSA) is 87.5 Å². The van der Waals surface area contributed by atoms with Gasteiger partial charge in [-0.1, -0.05) is 0 Å². The third-order valence-electron chi connectivity index (χ3n) is 2.97. The van der Waals surface area contributed by atoms with E-state index in [0.29, 0.717) is 25.6 Å². The number of hydrogen-bond acceptors (Lipinski definition) is 3. The van der Waals surface area contributed by atoms with E-state index < -0.39 is 5.97 Å². The van der Waals surface area contributed by atoms with Crippen LogP contribution in [0.4, 0.5) is 4.79 Å². The minimum Gasteiger partial charge on any atom is -0.480 e. The molecule has 0 spiro atoms. The lowest BCUT2D eigenvalue weighted by atomic mass is 10.3. The van der Waals surface area contributed by atoms with Gasteiger partial charge in [0.2, 0.25) is 0 Å². The molecule has 0 aromatic carbocycles. The van der Waals surface area contributed by atoms with E-state index in [4.69, 9.17) is 5.11 Å². The van der Waals surface area contributed by atoms with E-state index in [9.17, 15) is 9.59 Å². The van der Waals surface area contributed by atoms with Crippen molar-refractivity contribution < 1.29 is 14.7 Å². The zero-order chi connectivity index (χ0) is 13.7. The molecule has 0 bridgehead atoms. The molecule has 0 atom stereocenters. The van der Waals surface area contributed by atoms with Gasteiger partial charge in [0.15, 0.2) is 0 Å². The molecule has 2 rings (SSSR count). The fourth-order valence-electron chi connectivity index (χ4n) is 1.82. The first-order valence-electron chi connectivity index (χ1n) is 6.37. The predicted molar refractivity (Wildman–Crippen MR) is 67.6 cm³/mol. The van der Waals surface area contributed by atoms with Gasteiger partial charge >= 0.3 is 12.0 Å². The molecule has 1 fully saturated rings. The molecule has 1 aliphatic rings. The van der Waals surface area contributed by atoms with Crippen molar-refractivity contribution in [1.82, 2.24) is 20.0 Å². The Bertz CT molecular complexity index is 428. The number of carboxylic acids is 1. The smallest absolute Gasteiger partial charge is 0.323 e. The Morgan fingerprint density at radius 3 is 2.84 bits per heavy atom. The minimum absolute atomic E-state index is 0.246. The highest BCUT2D eigenvalue weighted by atomic mass is 16.4. The van der Waals surface area contributed by atoms with Crippen LogP contribution < -0.4 is 5.32 Å². The summed E-state index contributed by atoms with van der Waals surface area (Å²) in [4.78, 5) is 24.0. The van der Waals surface area contributed by atoms with Crippen molar-refractivity contribution in [2.75, 3.05) is 19.6 Å². The zero-order valence-corrected chi connectivity index (χ0v) is 10.7. The fourth-order valence-corrected chi connectivity index (χ4v) is 1.82. The second-order valence-electron chi connectivity index (χ2n) is 4.72. The summed E-state index contributed by atoms with van der Waals surface area (Å²) in [6.07, 6.45) is 5.64. The summed E-state index contributed by atoms with van der Waals surface area (Å²) >= 11 is 0. The maximum Gasteiger partial charge on any atom is 0.323 e. The van der Waals surface area contributed by atoms with E-state index in [1.165, 1.54) is 4.90 Å². The number of aromatic nitrogens is 2. The lowest BCUT2D eigenvalue weighted by molar-refractivity contribution is -0.137. The quantitative estimate of drug-likeness (QED) is 0.747. The summed E-state index contributed by atoms with van der Waals surface area (Å²) in [6.45, 7) is 1.29. The molecule has 1 heterocycles. The van der Waals surface area contributed by atoms with Crippen molar-refractivity contribution in [3.05, 3.63) is 18.5 Å². The van der Waals surface area contributed by atoms with E-state index in [1.807, 2.05) is 12.3 Å². The number of rotatable bonds is 7. The number of carbonyl (C=O) groups is 2. The standard InChI is InChI=1S/C12H18N4O3/c17-11(18)9-15(8-10-2-3-10)12(19)13-5-7-16-6-1-4-14-16/h1,4,6,10H,2-3,5,7-9H2,(H,13,19)(H,17,18). The Morgan fingerprint density at radius 2 is 2.26 bits per heavy atom. The monoisotopic (exact) mass is 266 g/mol. The van der Waals surface area contributed by atoms with Crippen LogP contribution in [0.25, 0.3) is 0 Å². The second kappa shape index (κ2) is 6.21. The molecular weight excluding hydrogens is 248 g/mol. The van der Waals surface area contributed by atoms with Crippen molar-refractivity contribution >= 4 is 12.0 Å². The SMILES string of the molecule is O=C(O)CN(CC1CC1)C(=O)NCCn1cccn1. The summed E-state index contributed by atoms with van der Waals surface area (Å²) in [5, 5.41) is 15.6. The van der Waals surface area contributed by atoms with Gasteiger partial charge in [0.05, 0.1) is 6.54 Å². The van der Waals surface area contributed by atoms with Crippen LogP contribution in [-0.2, 0) is 11.3 Å². The number of nitrogens with zero attached hydrogens (tertiary/aromatic N) is 3. The normalized spacial score (nSPS) is 14.1. The molecule has 2 amide bonds. The number of amides is 2.